The summed E-state index contributed by atoms with van der Waals surface area (Å²) in [5, 5.41) is 11.9. The van der Waals surface area contributed by atoms with Gasteiger partial charge in [0.25, 0.3) is 0 Å². The number of nitrogens with zero attached hydrogens (tertiary/aromatic N) is 1. The van der Waals surface area contributed by atoms with E-state index in [1.807, 2.05) is 119 Å². The van der Waals surface area contributed by atoms with Gasteiger partial charge >= 0.3 is 6.09 Å². The van der Waals surface area contributed by atoms with Crippen molar-refractivity contribution >= 4 is 23.8 Å². The smallest absolute Gasteiger partial charge is 0.411 e. The maximum atomic E-state index is 14.0. The Morgan fingerprint density at radius 2 is 1.32 bits per heavy atom. The molecule has 250 valence electrons. The molecular formula is C37H47N5O5. The molecule has 0 bridgehead atoms. The van der Waals surface area contributed by atoms with Gasteiger partial charge < -0.3 is 20.7 Å². The van der Waals surface area contributed by atoms with Gasteiger partial charge in [0.05, 0.1) is 6.17 Å². The molecule has 3 aromatic rings. The van der Waals surface area contributed by atoms with Crippen molar-refractivity contribution < 1.29 is 23.9 Å². The number of carbonyl (C=O) groups excluding carboxylic acids is 4. The highest BCUT2D eigenvalue weighted by atomic mass is 16.6. The molecule has 1 heterocycles. The second kappa shape index (κ2) is 15.7. The first-order valence-corrected chi connectivity index (χ1v) is 16.1. The summed E-state index contributed by atoms with van der Waals surface area (Å²) >= 11 is 0. The number of likely N-dealkylation sites (tertiary alicyclic amines) is 1. The molecule has 47 heavy (non-hydrogen) atoms. The lowest BCUT2D eigenvalue weighted by Crippen LogP contribution is -2.71. The largest absolute Gasteiger partial charge is 0.445 e. The van der Waals surface area contributed by atoms with Crippen LogP contribution in [-0.4, -0.2) is 64.6 Å². The van der Waals surface area contributed by atoms with Crippen molar-refractivity contribution in [2.45, 2.75) is 89.8 Å². The lowest BCUT2D eigenvalue weighted by molar-refractivity contribution is -0.143. The summed E-state index contributed by atoms with van der Waals surface area (Å²) in [5.41, 5.74) is 1.11. The first-order valence-electron chi connectivity index (χ1n) is 16.1. The van der Waals surface area contributed by atoms with E-state index in [-0.39, 0.29) is 37.1 Å². The molecule has 1 fully saturated rings. The van der Waals surface area contributed by atoms with E-state index in [2.05, 4.69) is 21.3 Å². The molecule has 0 spiro atoms. The topological polar surface area (TPSA) is 129 Å². The molecular weight excluding hydrogens is 594 g/mol. The molecule has 10 nitrogen and oxygen atoms in total. The van der Waals surface area contributed by atoms with E-state index < -0.39 is 35.5 Å². The van der Waals surface area contributed by atoms with Gasteiger partial charge in [-0.05, 0) is 57.7 Å². The average Bonchev–Trinajstić information content (AvgIpc) is 3.02. The maximum absolute atomic E-state index is 14.0. The van der Waals surface area contributed by atoms with Crippen molar-refractivity contribution in [3.05, 3.63) is 108 Å². The molecule has 0 radical (unpaired) electrons. The van der Waals surface area contributed by atoms with Crippen LogP contribution in [0.15, 0.2) is 91.0 Å². The molecule has 0 aliphatic carbocycles. The predicted octanol–water partition coefficient (Wildman–Crippen LogP) is 4.09. The Bertz CT molecular complexity index is 1500. The number of amides is 4. The zero-order chi connectivity index (χ0) is 34.0. The fourth-order valence-corrected chi connectivity index (χ4v) is 5.74. The van der Waals surface area contributed by atoms with Crippen molar-refractivity contribution in [3.8, 4) is 0 Å². The van der Waals surface area contributed by atoms with Crippen LogP contribution < -0.4 is 21.3 Å². The highest BCUT2D eigenvalue weighted by Gasteiger charge is 2.54. The monoisotopic (exact) mass is 641 g/mol. The van der Waals surface area contributed by atoms with E-state index in [4.69, 9.17) is 4.74 Å². The minimum absolute atomic E-state index is 0.0762. The Kier molecular flexibility index (Phi) is 11.8. The fourth-order valence-electron chi connectivity index (χ4n) is 5.74. The average molecular weight is 642 g/mol. The lowest BCUT2D eigenvalue weighted by atomic mass is 9.78. The van der Waals surface area contributed by atoms with Gasteiger partial charge in [-0.25, -0.2) is 4.79 Å². The number of hydrogen-bond acceptors (Lipinski definition) is 6. The van der Waals surface area contributed by atoms with E-state index in [1.165, 1.54) is 4.90 Å². The summed E-state index contributed by atoms with van der Waals surface area (Å²) in [6.45, 7) is 9.83. The van der Waals surface area contributed by atoms with Gasteiger partial charge in [-0.3, -0.25) is 24.6 Å². The summed E-state index contributed by atoms with van der Waals surface area (Å²) in [4.78, 5) is 55.7. The second-order valence-electron chi connectivity index (χ2n) is 13.2. The minimum Gasteiger partial charge on any atom is -0.445 e. The fraction of sp³-hybridized carbons (Fsp3) is 0.405. The van der Waals surface area contributed by atoms with Gasteiger partial charge in [0, 0.05) is 24.9 Å². The minimum atomic E-state index is -1.24. The third-order valence-electron chi connectivity index (χ3n) is 8.12. The Hall–Kier alpha value is -4.70. The van der Waals surface area contributed by atoms with Crippen molar-refractivity contribution in [3.63, 3.8) is 0 Å². The van der Waals surface area contributed by atoms with Crippen LogP contribution in [0, 0.1) is 0 Å². The third kappa shape index (κ3) is 9.89. The van der Waals surface area contributed by atoms with Crippen LogP contribution in [0.2, 0.25) is 0 Å². The van der Waals surface area contributed by atoms with E-state index in [1.54, 1.807) is 6.92 Å². The van der Waals surface area contributed by atoms with E-state index in [0.717, 1.165) is 16.7 Å². The van der Waals surface area contributed by atoms with Crippen LogP contribution in [0.1, 0.15) is 57.7 Å². The van der Waals surface area contributed by atoms with Gasteiger partial charge in [0.1, 0.15) is 24.2 Å². The van der Waals surface area contributed by atoms with Crippen LogP contribution in [0.4, 0.5) is 4.79 Å². The number of nitrogens with one attached hydrogen (secondary N) is 4. The van der Waals surface area contributed by atoms with Gasteiger partial charge in [-0.2, -0.15) is 0 Å². The van der Waals surface area contributed by atoms with E-state index in [0.29, 0.717) is 13.0 Å². The highest BCUT2D eigenvalue weighted by Crippen LogP contribution is 2.35. The highest BCUT2D eigenvalue weighted by molar-refractivity contribution is 5.96. The third-order valence-corrected chi connectivity index (χ3v) is 8.12. The molecule has 3 aromatic carbocycles. The van der Waals surface area contributed by atoms with Crippen LogP contribution in [0.25, 0.3) is 0 Å². The predicted molar refractivity (Wildman–Crippen MR) is 181 cm³/mol. The van der Waals surface area contributed by atoms with Gasteiger partial charge in [-0.1, -0.05) is 91.0 Å². The van der Waals surface area contributed by atoms with Crippen molar-refractivity contribution in [2.75, 3.05) is 6.54 Å². The normalized spacial score (nSPS) is 17.8. The Balaban J connectivity index is 1.47. The molecule has 0 aromatic heterocycles. The van der Waals surface area contributed by atoms with E-state index in [9.17, 15) is 19.2 Å². The van der Waals surface area contributed by atoms with Crippen LogP contribution in [0.5, 0.6) is 0 Å². The molecule has 4 atom stereocenters. The standard InChI is InChI=1S/C37H47N5O5/c1-26(32(43)40-31(23-28-15-9-6-10-16-28)33(44)39-27(2)41-36(3,4)5)38-34(45)37(24-29-17-11-7-12-18-29)21-22-42(37)35(46)47-25-30-19-13-8-14-20-30/h6-20,26-27,31,41H,21-25H2,1-5H3,(H,38,45)(H,39,44)(H,40,43)/t26-,27+,31-,37+/m0/s1. The Labute approximate surface area is 277 Å². The molecule has 4 N–H and O–H groups in total. The molecule has 4 amide bonds. The number of carbonyl (C=O) groups is 4. The van der Waals surface area contributed by atoms with Gasteiger partial charge in [0.2, 0.25) is 17.7 Å². The first kappa shape index (κ1) is 35.2. The zero-order valence-electron chi connectivity index (χ0n) is 27.9. The van der Waals surface area contributed by atoms with Crippen molar-refractivity contribution in [2.24, 2.45) is 0 Å². The number of ether oxygens (including phenoxy) is 1. The van der Waals surface area contributed by atoms with Gasteiger partial charge in [-0.15, -0.1) is 0 Å². The van der Waals surface area contributed by atoms with E-state index >= 15 is 0 Å². The summed E-state index contributed by atoms with van der Waals surface area (Å²) in [6.07, 6.45) is -0.0214. The first-order chi connectivity index (χ1) is 22.4. The number of hydrogen-bond donors (Lipinski definition) is 4. The van der Waals surface area contributed by atoms with Crippen molar-refractivity contribution in [1.82, 2.24) is 26.2 Å². The number of rotatable bonds is 13. The second-order valence-corrected chi connectivity index (χ2v) is 13.2. The molecule has 1 saturated heterocycles. The molecule has 4 rings (SSSR count). The zero-order valence-corrected chi connectivity index (χ0v) is 27.9. The molecule has 10 heteroatoms. The Morgan fingerprint density at radius 3 is 1.85 bits per heavy atom. The SMILES string of the molecule is C[C@H](NC(=O)[C@H](Cc1ccccc1)NC(=O)[C@H](C)NC(=O)[C@]1(Cc2ccccc2)CCN1C(=O)OCc1ccccc1)NC(C)(C)C. The summed E-state index contributed by atoms with van der Waals surface area (Å²) in [6, 6.07) is 26.3. The van der Waals surface area contributed by atoms with Crippen LogP contribution in [-0.2, 0) is 38.6 Å². The molecule has 1 aliphatic rings. The molecule has 0 unspecified atom stereocenters. The lowest BCUT2D eigenvalue weighted by Gasteiger charge is -2.50. The quantitative estimate of drug-likeness (QED) is 0.208. The Morgan fingerprint density at radius 1 is 0.766 bits per heavy atom. The molecule has 0 saturated carbocycles. The summed E-state index contributed by atoms with van der Waals surface area (Å²) < 4.78 is 5.60. The molecule has 1 aliphatic heterocycles. The summed E-state index contributed by atoms with van der Waals surface area (Å²) in [7, 11) is 0. The summed E-state index contributed by atoms with van der Waals surface area (Å²) in [5.74, 6) is -1.32. The van der Waals surface area contributed by atoms with Crippen LogP contribution in [0.3, 0.4) is 0 Å². The van der Waals surface area contributed by atoms with Crippen molar-refractivity contribution in [1.29, 1.82) is 0 Å². The number of benzene rings is 3. The maximum Gasteiger partial charge on any atom is 0.411 e. The van der Waals surface area contributed by atoms with Crippen LogP contribution >= 0.6 is 0 Å². The van der Waals surface area contributed by atoms with Gasteiger partial charge in [0.15, 0.2) is 0 Å².